The number of carbonyl (C=O) groups excluding carboxylic acids is 1. The largest absolute Gasteiger partial charge is 0.394 e. The van der Waals surface area contributed by atoms with E-state index in [9.17, 15) is 9.90 Å². The Labute approximate surface area is 162 Å². The molecule has 0 heterocycles. The maximum atomic E-state index is 13.1. The van der Waals surface area contributed by atoms with Gasteiger partial charge in [0.15, 0.2) is 5.78 Å². The third-order valence-electron chi connectivity index (χ3n) is 6.57. The summed E-state index contributed by atoms with van der Waals surface area (Å²) in [5, 5.41) is 15.5. The fraction of sp³-hybridized carbons (Fsp3) is 0.636. The Kier molecular flexibility index (Phi) is 5.21. The van der Waals surface area contributed by atoms with Crippen LogP contribution in [0.25, 0.3) is 0 Å². The molecule has 0 saturated heterocycles. The minimum Gasteiger partial charge on any atom is -0.394 e. The molecular formula is C22H32N2O3. The van der Waals surface area contributed by atoms with Crippen molar-refractivity contribution in [1.82, 2.24) is 0 Å². The number of ketones is 1. The minimum absolute atomic E-state index is 0.174. The number of benzene rings is 1. The van der Waals surface area contributed by atoms with Crippen LogP contribution in [0.4, 0.5) is 0 Å². The molecule has 2 aliphatic rings. The van der Waals surface area contributed by atoms with Crippen LogP contribution in [0.1, 0.15) is 74.9 Å². The van der Waals surface area contributed by atoms with Gasteiger partial charge in [-0.05, 0) is 48.3 Å². The second kappa shape index (κ2) is 7.02. The molecule has 0 aromatic heterocycles. The highest BCUT2D eigenvalue weighted by Gasteiger charge is 2.59. The van der Waals surface area contributed by atoms with Crippen LogP contribution in [0, 0.1) is 11.3 Å². The van der Waals surface area contributed by atoms with Crippen molar-refractivity contribution in [3.05, 3.63) is 34.9 Å². The minimum atomic E-state index is -1.04. The van der Waals surface area contributed by atoms with E-state index in [1.54, 1.807) is 0 Å². The SMILES string of the molecule is CC(C)c1ccc2c(c1)C(=O)C(O)C1C(C)(C)CCC(=NOCCN)[C@]21C. The summed E-state index contributed by atoms with van der Waals surface area (Å²) in [5.41, 5.74) is 8.37. The molecule has 3 atom stereocenters. The molecule has 5 nitrogen and oxygen atoms in total. The molecule has 1 aromatic rings. The number of nitrogens with zero attached hydrogens (tertiary/aromatic N) is 1. The topological polar surface area (TPSA) is 84.9 Å². The maximum Gasteiger partial charge on any atom is 0.191 e. The first-order valence-electron chi connectivity index (χ1n) is 9.90. The van der Waals surface area contributed by atoms with Gasteiger partial charge in [-0.1, -0.05) is 45.0 Å². The van der Waals surface area contributed by atoms with Crippen molar-refractivity contribution in [2.24, 2.45) is 22.2 Å². The van der Waals surface area contributed by atoms with Crippen molar-refractivity contribution in [3.8, 4) is 0 Å². The Morgan fingerprint density at radius 2 is 2.04 bits per heavy atom. The van der Waals surface area contributed by atoms with Gasteiger partial charge in [-0.2, -0.15) is 0 Å². The van der Waals surface area contributed by atoms with E-state index in [1.165, 1.54) is 0 Å². The molecule has 0 bridgehead atoms. The zero-order valence-corrected chi connectivity index (χ0v) is 17.1. The molecule has 5 heteroatoms. The van der Waals surface area contributed by atoms with E-state index in [0.717, 1.165) is 29.7 Å². The van der Waals surface area contributed by atoms with Crippen LogP contribution >= 0.6 is 0 Å². The number of rotatable bonds is 4. The van der Waals surface area contributed by atoms with Gasteiger partial charge in [0.25, 0.3) is 0 Å². The predicted octanol–water partition coefficient (Wildman–Crippen LogP) is 3.39. The van der Waals surface area contributed by atoms with Gasteiger partial charge in [0, 0.05) is 23.4 Å². The third kappa shape index (κ3) is 3.11. The lowest BCUT2D eigenvalue weighted by Crippen LogP contribution is -2.60. The van der Waals surface area contributed by atoms with Gasteiger partial charge in [-0.25, -0.2) is 0 Å². The number of oxime groups is 1. The summed E-state index contributed by atoms with van der Waals surface area (Å²) in [6, 6.07) is 6.10. The van der Waals surface area contributed by atoms with E-state index in [1.807, 2.05) is 6.07 Å². The molecule has 1 aromatic carbocycles. The summed E-state index contributed by atoms with van der Waals surface area (Å²) >= 11 is 0. The highest BCUT2D eigenvalue weighted by Crippen LogP contribution is 2.56. The van der Waals surface area contributed by atoms with E-state index in [4.69, 9.17) is 10.6 Å². The number of carbonyl (C=O) groups is 1. The predicted molar refractivity (Wildman–Crippen MR) is 107 cm³/mol. The Morgan fingerprint density at radius 1 is 1.33 bits per heavy atom. The summed E-state index contributed by atoms with van der Waals surface area (Å²) in [6.07, 6.45) is 0.582. The molecule has 1 fully saturated rings. The number of fused-ring (bicyclic) bond motifs is 3. The Balaban J connectivity index is 2.22. The van der Waals surface area contributed by atoms with E-state index < -0.39 is 11.5 Å². The van der Waals surface area contributed by atoms with Crippen LogP contribution in [0.3, 0.4) is 0 Å². The van der Waals surface area contributed by atoms with Gasteiger partial charge in [-0.15, -0.1) is 0 Å². The number of hydrogen-bond acceptors (Lipinski definition) is 5. The Morgan fingerprint density at radius 3 is 2.67 bits per heavy atom. The number of nitrogens with two attached hydrogens (primary N) is 1. The smallest absolute Gasteiger partial charge is 0.191 e. The summed E-state index contributed by atoms with van der Waals surface area (Å²) in [6.45, 7) is 11.3. The third-order valence-corrected chi connectivity index (χ3v) is 6.57. The van der Waals surface area contributed by atoms with Gasteiger partial charge in [-0.3, -0.25) is 4.79 Å². The second-order valence-corrected chi connectivity index (χ2v) is 9.10. The van der Waals surface area contributed by atoms with Crippen molar-refractivity contribution in [1.29, 1.82) is 0 Å². The first kappa shape index (κ1) is 20.0. The number of aliphatic hydroxyl groups is 1. The molecule has 3 rings (SSSR count). The van der Waals surface area contributed by atoms with Gasteiger partial charge in [0.2, 0.25) is 0 Å². The molecule has 27 heavy (non-hydrogen) atoms. The first-order valence-corrected chi connectivity index (χ1v) is 9.90. The van der Waals surface area contributed by atoms with Gasteiger partial charge < -0.3 is 15.7 Å². The molecule has 1 saturated carbocycles. The zero-order chi connectivity index (χ0) is 20.0. The maximum absolute atomic E-state index is 13.1. The summed E-state index contributed by atoms with van der Waals surface area (Å²) in [7, 11) is 0. The highest BCUT2D eigenvalue weighted by atomic mass is 16.6. The molecule has 0 spiro atoms. The van der Waals surface area contributed by atoms with Crippen molar-refractivity contribution < 1.29 is 14.7 Å². The molecule has 0 amide bonds. The van der Waals surface area contributed by atoms with Gasteiger partial charge >= 0.3 is 0 Å². The lowest BCUT2D eigenvalue weighted by atomic mass is 9.48. The second-order valence-electron chi connectivity index (χ2n) is 9.10. The van der Waals surface area contributed by atoms with Crippen LogP contribution in [0.15, 0.2) is 23.4 Å². The lowest BCUT2D eigenvalue weighted by Gasteiger charge is -2.55. The fourth-order valence-electron chi connectivity index (χ4n) is 5.09. The molecule has 0 radical (unpaired) electrons. The lowest BCUT2D eigenvalue weighted by molar-refractivity contribution is -0.00823. The van der Waals surface area contributed by atoms with Crippen molar-refractivity contribution >= 4 is 11.5 Å². The number of aliphatic hydroxyl groups excluding tert-OH is 1. The quantitative estimate of drug-likeness (QED) is 0.627. The average Bonchev–Trinajstić information content (AvgIpc) is 2.61. The van der Waals surface area contributed by atoms with Crippen LogP contribution in [0.2, 0.25) is 0 Å². The van der Waals surface area contributed by atoms with Crippen LogP contribution in [-0.2, 0) is 10.3 Å². The summed E-state index contributed by atoms with van der Waals surface area (Å²) < 4.78 is 0. The van der Waals surface area contributed by atoms with Crippen molar-refractivity contribution in [2.75, 3.05) is 13.2 Å². The molecule has 0 aliphatic heterocycles. The van der Waals surface area contributed by atoms with E-state index in [2.05, 4.69) is 51.9 Å². The van der Waals surface area contributed by atoms with Crippen LogP contribution < -0.4 is 5.73 Å². The normalized spacial score (nSPS) is 31.0. The Bertz CT molecular complexity index is 769. The highest BCUT2D eigenvalue weighted by molar-refractivity contribution is 6.08. The van der Waals surface area contributed by atoms with Crippen LogP contribution in [0.5, 0.6) is 0 Å². The number of Topliss-reactive ketones (excluding diaryl/α,β-unsaturated/α-hetero) is 1. The first-order chi connectivity index (χ1) is 12.6. The van der Waals surface area contributed by atoms with Crippen LogP contribution in [-0.4, -0.2) is 35.9 Å². The monoisotopic (exact) mass is 372 g/mol. The summed E-state index contributed by atoms with van der Waals surface area (Å²) in [4.78, 5) is 18.5. The van der Waals surface area contributed by atoms with Gasteiger partial charge in [0.1, 0.15) is 12.7 Å². The zero-order valence-electron chi connectivity index (χ0n) is 17.1. The molecular weight excluding hydrogens is 340 g/mol. The molecule has 2 aliphatic carbocycles. The summed E-state index contributed by atoms with van der Waals surface area (Å²) in [5.74, 6) is -0.106. The average molecular weight is 373 g/mol. The standard InChI is InChI=1S/C22H32N2O3/c1-13(2)14-6-7-16-15(12-14)18(25)19(26)20-21(3,4)9-8-17(22(16,20)5)24-27-11-10-23/h6-7,12-13,19-20,26H,8-11,23H2,1-5H3/t19?,20?,22-/m0/s1. The van der Waals surface area contributed by atoms with E-state index in [0.29, 0.717) is 24.6 Å². The molecule has 148 valence electrons. The Hall–Kier alpha value is -1.72. The van der Waals surface area contributed by atoms with Crippen molar-refractivity contribution in [3.63, 3.8) is 0 Å². The molecule has 3 N–H and O–H groups in total. The fourth-order valence-corrected chi connectivity index (χ4v) is 5.09. The van der Waals surface area contributed by atoms with E-state index >= 15 is 0 Å². The van der Waals surface area contributed by atoms with E-state index in [-0.39, 0.29) is 17.1 Å². The molecule has 2 unspecified atom stereocenters. The number of hydrogen-bond donors (Lipinski definition) is 2. The van der Waals surface area contributed by atoms with Crippen molar-refractivity contribution in [2.45, 2.75) is 64.9 Å². The van der Waals surface area contributed by atoms with Gasteiger partial charge in [0.05, 0.1) is 5.71 Å².